The van der Waals surface area contributed by atoms with Crippen molar-refractivity contribution in [3.63, 3.8) is 0 Å². The lowest BCUT2D eigenvalue weighted by molar-refractivity contribution is 0.0696. The Bertz CT molecular complexity index is 719. The van der Waals surface area contributed by atoms with Gasteiger partial charge in [-0.05, 0) is 23.8 Å². The Morgan fingerprint density at radius 2 is 2.15 bits per heavy atom. The fourth-order valence-electron chi connectivity index (χ4n) is 1.58. The van der Waals surface area contributed by atoms with Gasteiger partial charge in [0.25, 0.3) is 10.0 Å². The van der Waals surface area contributed by atoms with E-state index in [0.717, 1.165) is 17.8 Å². The zero-order valence-electron chi connectivity index (χ0n) is 10.6. The summed E-state index contributed by atoms with van der Waals surface area (Å²) in [7, 11) is -1.92. The number of hydrogen-bond donors (Lipinski definition) is 2. The van der Waals surface area contributed by atoms with Gasteiger partial charge >= 0.3 is 5.97 Å². The quantitative estimate of drug-likeness (QED) is 0.841. The Kier molecular flexibility index (Phi) is 3.86. The third-order valence-electron chi connectivity index (χ3n) is 2.62. The van der Waals surface area contributed by atoms with Crippen LogP contribution in [-0.4, -0.2) is 29.0 Å². The van der Waals surface area contributed by atoms with Crippen molar-refractivity contribution < 1.29 is 18.3 Å². The summed E-state index contributed by atoms with van der Waals surface area (Å²) < 4.78 is 28.1. The highest BCUT2D eigenvalue weighted by Crippen LogP contribution is 2.08. The first-order valence-corrected chi connectivity index (χ1v) is 7.17. The van der Waals surface area contributed by atoms with Crippen LogP contribution in [0.4, 0.5) is 0 Å². The topological polar surface area (TPSA) is 101 Å². The van der Waals surface area contributed by atoms with Crippen molar-refractivity contribution in [2.45, 2.75) is 11.6 Å². The molecule has 0 aliphatic rings. The van der Waals surface area contributed by atoms with Crippen molar-refractivity contribution in [2.75, 3.05) is 0 Å². The summed E-state index contributed by atoms with van der Waals surface area (Å²) in [6.45, 7) is 0.144. The normalized spacial score (nSPS) is 11.4. The number of aryl methyl sites for hydroxylation is 1. The van der Waals surface area contributed by atoms with Crippen LogP contribution < -0.4 is 4.72 Å². The van der Waals surface area contributed by atoms with Gasteiger partial charge in [-0.25, -0.2) is 22.9 Å². The van der Waals surface area contributed by atoms with Gasteiger partial charge in [0.2, 0.25) is 0 Å². The van der Waals surface area contributed by atoms with E-state index in [1.807, 2.05) is 17.8 Å². The molecule has 2 aromatic heterocycles. The van der Waals surface area contributed by atoms with Crippen molar-refractivity contribution in [1.82, 2.24) is 14.3 Å². The summed E-state index contributed by atoms with van der Waals surface area (Å²) in [6, 6.07) is 4.16. The van der Waals surface area contributed by atoms with Crippen LogP contribution in [-0.2, 0) is 23.6 Å². The molecule has 0 spiro atoms. The molecule has 0 amide bonds. The third-order valence-corrected chi connectivity index (χ3v) is 3.93. The van der Waals surface area contributed by atoms with Gasteiger partial charge in [0.05, 0.1) is 5.56 Å². The monoisotopic (exact) mass is 295 g/mol. The molecule has 106 valence electrons. The largest absolute Gasteiger partial charge is 0.478 e. The first-order valence-electron chi connectivity index (χ1n) is 5.68. The standard InChI is InChI=1S/C12H13N3O4S/c1-15-5-4-9(8-15)6-14-20(18,19)11-3-2-10(7-13-11)12(16)17/h2-5,7-8,14H,6H2,1H3,(H,16,17). The zero-order valence-corrected chi connectivity index (χ0v) is 11.5. The fourth-order valence-corrected chi connectivity index (χ4v) is 2.53. The molecule has 0 saturated carbocycles. The van der Waals surface area contributed by atoms with Crippen molar-refractivity contribution in [1.29, 1.82) is 0 Å². The van der Waals surface area contributed by atoms with E-state index in [-0.39, 0.29) is 17.1 Å². The Labute approximate surface area is 115 Å². The molecule has 8 heteroatoms. The smallest absolute Gasteiger partial charge is 0.337 e. The lowest BCUT2D eigenvalue weighted by Crippen LogP contribution is -2.24. The van der Waals surface area contributed by atoms with E-state index in [4.69, 9.17) is 5.11 Å². The second kappa shape index (κ2) is 5.43. The van der Waals surface area contributed by atoms with Gasteiger partial charge < -0.3 is 9.67 Å². The zero-order chi connectivity index (χ0) is 14.8. The highest BCUT2D eigenvalue weighted by atomic mass is 32.2. The van der Waals surface area contributed by atoms with Crippen LogP contribution >= 0.6 is 0 Å². The molecule has 2 heterocycles. The Morgan fingerprint density at radius 1 is 1.40 bits per heavy atom. The van der Waals surface area contributed by atoms with Crippen LogP contribution in [0, 0.1) is 0 Å². The first-order chi connectivity index (χ1) is 9.38. The SMILES string of the molecule is Cn1ccc(CNS(=O)(=O)c2ccc(C(=O)O)cn2)c1. The summed E-state index contributed by atoms with van der Waals surface area (Å²) in [5.41, 5.74) is 0.755. The number of aromatic carboxylic acids is 1. The number of pyridine rings is 1. The molecule has 0 unspecified atom stereocenters. The summed E-state index contributed by atoms with van der Waals surface area (Å²) in [5.74, 6) is -1.15. The molecule has 7 nitrogen and oxygen atoms in total. The number of sulfonamides is 1. The molecule has 0 atom stereocenters. The molecule has 0 aliphatic heterocycles. The lowest BCUT2D eigenvalue weighted by atomic mass is 10.3. The molecule has 0 aromatic carbocycles. The molecule has 2 aromatic rings. The molecule has 0 radical (unpaired) electrons. The van der Waals surface area contributed by atoms with E-state index >= 15 is 0 Å². The molecule has 2 rings (SSSR count). The van der Waals surface area contributed by atoms with Crippen molar-refractivity contribution in [2.24, 2.45) is 7.05 Å². The maximum atomic E-state index is 12.0. The average Bonchev–Trinajstić information content (AvgIpc) is 2.82. The van der Waals surface area contributed by atoms with Crippen LogP contribution in [0.3, 0.4) is 0 Å². The van der Waals surface area contributed by atoms with E-state index in [9.17, 15) is 13.2 Å². The van der Waals surface area contributed by atoms with E-state index < -0.39 is 16.0 Å². The predicted octanol–water partition coefficient (Wildman–Crippen LogP) is 0.597. The fraction of sp³-hybridized carbons (Fsp3) is 0.167. The maximum Gasteiger partial charge on any atom is 0.337 e. The van der Waals surface area contributed by atoms with E-state index in [2.05, 4.69) is 9.71 Å². The van der Waals surface area contributed by atoms with Crippen LogP contribution in [0.15, 0.2) is 41.8 Å². The number of carbonyl (C=O) groups is 1. The maximum absolute atomic E-state index is 12.0. The van der Waals surface area contributed by atoms with Gasteiger partial charge in [-0.3, -0.25) is 0 Å². The van der Waals surface area contributed by atoms with Gasteiger partial charge in [0, 0.05) is 32.2 Å². The minimum absolute atomic E-state index is 0.0630. The highest BCUT2D eigenvalue weighted by molar-refractivity contribution is 7.89. The number of hydrogen-bond acceptors (Lipinski definition) is 4. The van der Waals surface area contributed by atoms with Crippen molar-refractivity contribution in [3.8, 4) is 0 Å². The summed E-state index contributed by atoms with van der Waals surface area (Å²) >= 11 is 0. The van der Waals surface area contributed by atoms with Crippen molar-refractivity contribution >= 4 is 16.0 Å². The van der Waals surface area contributed by atoms with Gasteiger partial charge in [0.1, 0.15) is 0 Å². The van der Waals surface area contributed by atoms with E-state index in [1.54, 1.807) is 12.3 Å². The first kappa shape index (κ1) is 14.2. The highest BCUT2D eigenvalue weighted by Gasteiger charge is 2.16. The molecule has 0 fully saturated rings. The predicted molar refractivity (Wildman–Crippen MR) is 70.6 cm³/mol. The Balaban J connectivity index is 2.11. The number of aromatic nitrogens is 2. The summed E-state index contributed by atoms with van der Waals surface area (Å²) in [6.07, 6.45) is 4.62. The number of nitrogens with zero attached hydrogens (tertiary/aromatic N) is 2. The van der Waals surface area contributed by atoms with Crippen LogP contribution in [0.2, 0.25) is 0 Å². The Hall–Kier alpha value is -2.19. The Morgan fingerprint density at radius 3 is 2.65 bits per heavy atom. The van der Waals surface area contributed by atoms with E-state index in [1.165, 1.54) is 6.07 Å². The third kappa shape index (κ3) is 3.22. The average molecular weight is 295 g/mol. The number of rotatable bonds is 5. The van der Waals surface area contributed by atoms with Crippen molar-refractivity contribution in [3.05, 3.63) is 47.9 Å². The van der Waals surface area contributed by atoms with Gasteiger partial charge in [-0.2, -0.15) is 0 Å². The van der Waals surface area contributed by atoms with Crippen LogP contribution in [0.1, 0.15) is 15.9 Å². The summed E-state index contributed by atoms with van der Waals surface area (Å²) in [5, 5.41) is 8.52. The summed E-state index contributed by atoms with van der Waals surface area (Å²) in [4.78, 5) is 14.3. The number of carboxylic acids is 1. The van der Waals surface area contributed by atoms with Gasteiger partial charge in [-0.15, -0.1) is 0 Å². The lowest BCUT2D eigenvalue weighted by Gasteiger charge is -2.05. The van der Waals surface area contributed by atoms with Crippen LogP contribution in [0.25, 0.3) is 0 Å². The molecule has 0 bridgehead atoms. The second-order valence-corrected chi connectivity index (χ2v) is 5.91. The van der Waals surface area contributed by atoms with Gasteiger partial charge in [0.15, 0.2) is 5.03 Å². The molecular weight excluding hydrogens is 282 g/mol. The molecule has 2 N–H and O–H groups in total. The molecule has 20 heavy (non-hydrogen) atoms. The molecule has 0 aliphatic carbocycles. The second-order valence-electron chi connectivity index (χ2n) is 4.20. The van der Waals surface area contributed by atoms with Crippen LogP contribution in [0.5, 0.6) is 0 Å². The minimum atomic E-state index is -3.75. The molecule has 0 saturated heterocycles. The number of nitrogens with one attached hydrogen (secondary N) is 1. The number of carboxylic acid groups (broad SMARTS) is 1. The minimum Gasteiger partial charge on any atom is -0.478 e. The van der Waals surface area contributed by atoms with Gasteiger partial charge in [-0.1, -0.05) is 0 Å². The van der Waals surface area contributed by atoms with E-state index in [0.29, 0.717) is 0 Å². The molecular formula is C12H13N3O4S.